The van der Waals surface area contributed by atoms with E-state index in [4.69, 9.17) is 14.2 Å². The van der Waals surface area contributed by atoms with Gasteiger partial charge in [0.25, 0.3) is 5.56 Å². The Bertz CT molecular complexity index is 693. The lowest BCUT2D eigenvalue weighted by molar-refractivity contribution is 0.290. The van der Waals surface area contributed by atoms with Crippen LogP contribution in [0.2, 0.25) is 0 Å². The molecule has 0 saturated carbocycles. The van der Waals surface area contributed by atoms with Crippen LogP contribution in [0.1, 0.15) is 39.5 Å². The van der Waals surface area contributed by atoms with Gasteiger partial charge >= 0.3 is 0 Å². The Balaban J connectivity index is 2.38. The molecule has 0 fully saturated rings. The number of nitrogens with one attached hydrogen (secondary N) is 1. The van der Waals surface area contributed by atoms with Crippen LogP contribution in [-0.4, -0.2) is 25.3 Å². The summed E-state index contributed by atoms with van der Waals surface area (Å²) in [4.78, 5) is 15.0. The van der Waals surface area contributed by atoms with Crippen molar-refractivity contribution < 1.29 is 14.2 Å². The zero-order chi connectivity index (χ0) is 16.7. The normalized spacial score (nSPS) is 10.7. The highest BCUT2D eigenvalue weighted by molar-refractivity contribution is 5.88. The van der Waals surface area contributed by atoms with Gasteiger partial charge in [-0.25, -0.2) is 0 Å². The molecular formula is C18H25NO4. The predicted octanol–water partition coefficient (Wildman–Crippen LogP) is 3.89. The smallest absolute Gasteiger partial charge is 0.294 e. The molecule has 0 spiro atoms. The summed E-state index contributed by atoms with van der Waals surface area (Å²) < 4.78 is 16.7. The number of pyridine rings is 1. The van der Waals surface area contributed by atoms with E-state index in [1.807, 2.05) is 18.2 Å². The highest BCUT2D eigenvalue weighted by atomic mass is 16.5. The second-order valence-electron chi connectivity index (χ2n) is 5.43. The van der Waals surface area contributed by atoms with Crippen molar-refractivity contribution in [3.63, 3.8) is 0 Å². The lowest BCUT2D eigenvalue weighted by atomic mass is 10.2. The van der Waals surface area contributed by atoms with Gasteiger partial charge in [0.1, 0.15) is 5.75 Å². The Morgan fingerprint density at radius 2 is 1.70 bits per heavy atom. The third-order valence-corrected chi connectivity index (χ3v) is 3.61. The van der Waals surface area contributed by atoms with Gasteiger partial charge < -0.3 is 19.2 Å². The van der Waals surface area contributed by atoms with E-state index in [2.05, 4.69) is 18.8 Å². The van der Waals surface area contributed by atoms with E-state index in [9.17, 15) is 4.79 Å². The summed E-state index contributed by atoms with van der Waals surface area (Å²) >= 11 is 0. The van der Waals surface area contributed by atoms with Crippen LogP contribution in [0.3, 0.4) is 0 Å². The van der Waals surface area contributed by atoms with Crippen LogP contribution >= 0.6 is 0 Å². The molecule has 1 N–H and O–H groups in total. The number of aromatic nitrogens is 1. The molecular weight excluding hydrogens is 294 g/mol. The van der Waals surface area contributed by atoms with Crippen LogP contribution in [0.5, 0.6) is 17.2 Å². The second kappa shape index (κ2) is 8.46. The van der Waals surface area contributed by atoms with Gasteiger partial charge in [-0.1, -0.05) is 26.7 Å². The lowest BCUT2D eigenvalue weighted by Crippen LogP contribution is -2.12. The first kappa shape index (κ1) is 17.2. The predicted molar refractivity (Wildman–Crippen MR) is 91.9 cm³/mol. The van der Waals surface area contributed by atoms with Crippen molar-refractivity contribution in [2.75, 3.05) is 20.3 Å². The largest absolute Gasteiger partial charge is 0.494 e. The number of ether oxygens (including phenoxy) is 3. The number of rotatable bonds is 9. The molecule has 23 heavy (non-hydrogen) atoms. The van der Waals surface area contributed by atoms with Crippen molar-refractivity contribution in [3.8, 4) is 17.2 Å². The second-order valence-corrected chi connectivity index (χ2v) is 5.43. The van der Waals surface area contributed by atoms with Crippen molar-refractivity contribution >= 4 is 10.9 Å². The van der Waals surface area contributed by atoms with Gasteiger partial charge in [0.05, 0.1) is 25.8 Å². The number of fused-ring (bicyclic) bond motifs is 1. The van der Waals surface area contributed by atoms with E-state index < -0.39 is 0 Å². The van der Waals surface area contributed by atoms with Gasteiger partial charge in [0.15, 0.2) is 5.75 Å². The van der Waals surface area contributed by atoms with Crippen LogP contribution in [0.25, 0.3) is 10.9 Å². The first-order valence-electron chi connectivity index (χ1n) is 8.20. The zero-order valence-electron chi connectivity index (χ0n) is 14.1. The minimum atomic E-state index is -0.294. The zero-order valence-corrected chi connectivity index (χ0v) is 14.1. The van der Waals surface area contributed by atoms with Crippen LogP contribution in [0.15, 0.2) is 23.0 Å². The molecule has 5 nitrogen and oxygen atoms in total. The highest BCUT2D eigenvalue weighted by Crippen LogP contribution is 2.33. The number of aromatic amines is 1. The standard InChI is InChI=1S/C18H25NO4/c1-4-6-10-22-13-8-9-14-15(12-13)19-18(20)17(21-3)16(14)23-11-7-5-2/h8-9,12H,4-7,10-11H2,1-3H3,(H,19,20). The summed E-state index contributed by atoms with van der Waals surface area (Å²) in [6.07, 6.45) is 4.04. The fraction of sp³-hybridized carbons (Fsp3) is 0.500. The lowest BCUT2D eigenvalue weighted by Gasteiger charge is -2.13. The van der Waals surface area contributed by atoms with Gasteiger partial charge in [-0.15, -0.1) is 0 Å². The summed E-state index contributed by atoms with van der Waals surface area (Å²) in [7, 11) is 1.48. The van der Waals surface area contributed by atoms with E-state index in [1.165, 1.54) is 7.11 Å². The molecule has 126 valence electrons. The highest BCUT2D eigenvalue weighted by Gasteiger charge is 2.15. The van der Waals surface area contributed by atoms with Gasteiger partial charge in [-0.3, -0.25) is 4.79 Å². The topological polar surface area (TPSA) is 60.6 Å². The first-order chi connectivity index (χ1) is 11.2. The third-order valence-electron chi connectivity index (χ3n) is 3.61. The third kappa shape index (κ3) is 4.18. The maximum Gasteiger partial charge on any atom is 0.294 e. The fourth-order valence-electron chi connectivity index (χ4n) is 2.30. The molecule has 0 amide bonds. The molecule has 1 aromatic heterocycles. The molecule has 0 aliphatic carbocycles. The Labute approximate surface area is 136 Å². The number of H-pyrrole nitrogens is 1. The molecule has 0 bridgehead atoms. The number of methoxy groups -OCH3 is 1. The fourth-order valence-corrected chi connectivity index (χ4v) is 2.30. The Kier molecular flexibility index (Phi) is 6.32. The van der Waals surface area contributed by atoms with Crippen LogP contribution in [-0.2, 0) is 0 Å². The average molecular weight is 319 g/mol. The number of hydrogen-bond acceptors (Lipinski definition) is 4. The van der Waals surface area contributed by atoms with Crippen LogP contribution in [0, 0.1) is 0 Å². The Morgan fingerprint density at radius 1 is 1.00 bits per heavy atom. The van der Waals surface area contributed by atoms with Gasteiger partial charge in [-0.05, 0) is 25.0 Å². The number of benzene rings is 1. The quantitative estimate of drug-likeness (QED) is 0.712. The SMILES string of the molecule is CCCCOc1ccc2c(OCCCC)c(OC)c(=O)[nH]c2c1. The Morgan fingerprint density at radius 3 is 2.35 bits per heavy atom. The summed E-state index contributed by atoms with van der Waals surface area (Å²) in [6, 6.07) is 5.62. The first-order valence-corrected chi connectivity index (χ1v) is 8.20. The molecule has 0 aliphatic heterocycles. The molecule has 1 heterocycles. The molecule has 2 rings (SSSR count). The average Bonchev–Trinajstić information content (AvgIpc) is 2.55. The van der Waals surface area contributed by atoms with Crippen molar-refractivity contribution in [1.29, 1.82) is 0 Å². The summed E-state index contributed by atoms with van der Waals surface area (Å²) in [5.41, 5.74) is 0.397. The molecule has 0 radical (unpaired) electrons. The van der Waals surface area contributed by atoms with Crippen molar-refractivity contribution in [1.82, 2.24) is 4.98 Å². The van der Waals surface area contributed by atoms with Crippen molar-refractivity contribution in [2.45, 2.75) is 39.5 Å². The molecule has 0 aliphatic rings. The Hall–Kier alpha value is -2.17. The minimum Gasteiger partial charge on any atom is -0.494 e. The summed E-state index contributed by atoms with van der Waals surface area (Å²) in [5.74, 6) is 1.46. The van der Waals surface area contributed by atoms with Gasteiger partial charge in [0, 0.05) is 11.5 Å². The van der Waals surface area contributed by atoms with E-state index in [0.29, 0.717) is 24.5 Å². The summed E-state index contributed by atoms with van der Waals surface area (Å²) in [5, 5.41) is 0.820. The van der Waals surface area contributed by atoms with Crippen molar-refractivity contribution in [3.05, 3.63) is 28.6 Å². The van der Waals surface area contributed by atoms with E-state index in [1.54, 1.807) is 0 Å². The van der Waals surface area contributed by atoms with Crippen molar-refractivity contribution in [2.24, 2.45) is 0 Å². The monoisotopic (exact) mass is 319 g/mol. The maximum absolute atomic E-state index is 12.2. The van der Waals surface area contributed by atoms with Crippen LogP contribution in [0.4, 0.5) is 0 Å². The molecule has 5 heteroatoms. The molecule has 1 aromatic carbocycles. The van der Waals surface area contributed by atoms with E-state index in [-0.39, 0.29) is 11.3 Å². The number of unbranched alkanes of at least 4 members (excludes halogenated alkanes) is 2. The van der Waals surface area contributed by atoms with Gasteiger partial charge in [0.2, 0.25) is 5.75 Å². The summed E-state index contributed by atoms with van der Waals surface area (Å²) in [6.45, 7) is 5.44. The van der Waals surface area contributed by atoms with Gasteiger partial charge in [-0.2, -0.15) is 0 Å². The number of hydrogen-bond donors (Lipinski definition) is 1. The molecule has 0 unspecified atom stereocenters. The van der Waals surface area contributed by atoms with E-state index >= 15 is 0 Å². The molecule has 0 atom stereocenters. The molecule has 0 saturated heterocycles. The minimum absolute atomic E-state index is 0.216. The molecule has 2 aromatic rings. The maximum atomic E-state index is 12.2. The van der Waals surface area contributed by atoms with Crippen LogP contribution < -0.4 is 19.8 Å². The van der Waals surface area contributed by atoms with E-state index in [0.717, 1.165) is 36.8 Å².